The lowest BCUT2D eigenvalue weighted by Gasteiger charge is -2.11. The lowest BCUT2D eigenvalue weighted by atomic mass is 10.1. The Morgan fingerprint density at radius 2 is 2.07 bits per heavy atom. The molecular weight excluding hydrogens is 199 g/mol. The average Bonchev–Trinajstić information content (AvgIpc) is 2.18. The van der Waals surface area contributed by atoms with Gasteiger partial charge in [-0.25, -0.2) is 4.39 Å². The number of carbonyl (C=O) groups excluding carboxylic acids is 1. The molecule has 1 atom stereocenters. The van der Waals surface area contributed by atoms with E-state index in [9.17, 15) is 14.3 Å². The molecule has 0 saturated carbocycles. The highest BCUT2D eigenvalue weighted by Gasteiger charge is 2.07. The number of hydrogen-bond acceptors (Lipinski definition) is 3. The van der Waals surface area contributed by atoms with E-state index in [0.717, 1.165) is 0 Å². The van der Waals surface area contributed by atoms with Crippen LogP contribution in [0.4, 0.5) is 4.39 Å². The summed E-state index contributed by atoms with van der Waals surface area (Å²) in [5, 5.41) is 12.3. The van der Waals surface area contributed by atoms with Crippen molar-refractivity contribution in [2.45, 2.75) is 6.10 Å². The maximum absolute atomic E-state index is 12.5. The Kier molecular flexibility index (Phi) is 4.20. The molecule has 82 valence electrons. The van der Waals surface area contributed by atoms with E-state index in [0.29, 0.717) is 5.56 Å². The SMILES string of the molecule is NC(=O)CNCC(O)c1ccc(F)cc1. The first-order valence-electron chi connectivity index (χ1n) is 4.52. The van der Waals surface area contributed by atoms with Crippen molar-refractivity contribution in [3.63, 3.8) is 0 Å². The maximum Gasteiger partial charge on any atom is 0.231 e. The molecule has 0 aliphatic heterocycles. The molecule has 4 N–H and O–H groups in total. The molecule has 1 aromatic rings. The molecular formula is C10H13FN2O2. The molecule has 0 aliphatic rings. The molecule has 15 heavy (non-hydrogen) atoms. The van der Waals surface area contributed by atoms with Crippen LogP contribution in [-0.4, -0.2) is 24.1 Å². The highest BCUT2D eigenvalue weighted by molar-refractivity contribution is 5.75. The van der Waals surface area contributed by atoms with Gasteiger partial charge in [-0.2, -0.15) is 0 Å². The van der Waals surface area contributed by atoms with Crippen LogP contribution in [0.3, 0.4) is 0 Å². The summed E-state index contributed by atoms with van der Waals surface area (Å²) in [6.45, 7) is 0.215. The summed E-state index contributed by atoms with van der Waals surface area (Å²) in [6.07, 6.45) is -0.773. The van der Waals surface area contributed by atoms with Gasteiger partial charge in [0.1, 0.15) is 5.82 Å². The van der Waals surface area contributed by atoms with Gasteiger partial charge in [0.15, 0.2) is 0 Å². The zero-order valence-electron chi connectivity index (χ0n) is 8.11. The van der Waals surface area contributed by atoms with E-state index in [2.05, 4.69) is 5.32 Å². The number of primary amides is 1. The fourth-order valence-electron chi connectivity index (χ4n) is 1.13. The van der Waals surface area contributed by atoms with Gasteiger partial charge in [-0.15, -0.1) is 0 Å². The molecule has 0 saturated heterocycles. The number of aliphatic hydroxyl groups excluding tert-OH is 1. The van der Waals surface area contributed by atoms with Crippen LogP contribution in [0.15, 0.2) is 24.3 Å². The van der Waals surface area contributed by atoms with Crippen molar-refractivity contribution in [2.75, 3.05) is 13.1 Å². The van der Waals surface area contributed by atoms with Crippen molar-refractivity contribution >= 4 is 5.91 Å². The van der Waals surface area contributed by atoms with E-state index in [1.165, 1.54) is 24.3 Å². The van der Waals surface area contributed by atoms with E-state index in [-0.39, 0.29) is 18.9 Å². The van der Waals surface area contributed by atoms with E-state index >= 15 is 0 Å². The first-order valence-corrected chi connectivity index (χ1v) is 4.52. The summed E-state index contributed by atoms with van der Waals surface area (Å²) in [4.78, 5) is 10.4. The highest BCUT2D eigenvalue weighted by Crippen LogP contribution is 2.11. The van der Waals surface area contributed by atoms with Crippen LogP contribution in [-0.2, 0) is 4.79 Å². The molecule has 0 radical (unpaired) electrons. The third-order valence-corrected chi connectivity index (χ3v) is 1.89. The van der Waals surface area contributed by atoms with Crippen LogP contribution in [0.5, 0.6) is 0 Å². The first-order chi connectivity index (χ1) is 7.09. The molecule has 0 aliphatic carbocycles. The lowest BCUT2D eigenvalue weighted by Crippen LogP contribution is -2.31. The van der Waals surface area contributed by atoms with Crippen molar-refractivity contribution in [1.29, 1.82) is 0 Å². The Labute approximate surface area is 86.9 Å². The molecule has 0 fully saturated rings. The van der Waals surface area contributed by atoms with Gasteiger partial charge in [-0.3, -0.25) is 4.79 Å². The molecule has 1 aromatic carbocycles. The Morgan fingerprint density at radius 1 is 1.47 bits per heavy atom. The number of hydrogen-bond donors (Lipinski definition) is 3. The van der Waals surface area contributed by atoms with E-state index in [1.54, 1.807) is 0 Å². The predicted octanol–water partition coefficient (Wildman–Crippen LogP) is -0.0660. The Morgan fingerprint density at radius 3 is 2.60 bits per heavy atom. The van der Waals surface area contributed by atoms with Crippen molar-refractivity contribution in [1.82, 2.24) is 5.32 Å². The molecule has 0 spiro atoms. The van der Waals surface area contributed by atoms with Crippen LogP contribution in [0.1, 0.15) is 11.7 Å². The second-order valence-electron chi connectivity index (χ2n) is 3.16. The largest absolute Gasteiger partial charge is 0.387 e. The van der Waals surface area contributed by atoms with Gasteiger partial charge < -0.3 is 16.2 Å². The molecule has 0 heterocycles. The van der Waals surface area contributed by atoms with Crippen molar-refractivity contribution in [3.8, 4) is 0 Å². The zero-order valence-corrected chi connectivity index (χ0v) is 8.11. The number of nitrogens with one attached hydrogen (secondary N) is 1. The standard InChI is InChI=1S/C10H13FN2O2/c11-8-3-1-7(2-4-8)9(14)5-13-6-10(12)15/h1-4,9,13-14H,5-6H2,(H2,12,15). The summed E-state index contributed by atoms with van der Waals surface area (Å²) >= 11 is 0. The van der Waals surface area contributed by atoms with Gasteiger partial charge in [0.2, 0.25) is 5.91 Å². The summed E-state index contributed by atoms with van der Waals surface area (Å²) < 4.78 is 12.5. The van der Waals surface area contributed by atoms with Gasteiger partial charge in [0.25, 0.3) is 0 Å². The average molecular weight is 212 g/mol. The van der Waals surface area contributed by atoms with Crippen molar-refractivity contribution in [2.24, 2.45) is 5.73 Å². The minimum atomic E-state index is -0.773. The van der Waals surface area contributed by atoms with Crippen LogP contribution in [0.2, 0.25) is 0 Å². The number of amides is 1. The van der Waals surface area contributed by atoms with E-state index < -0.39 is 12.0 Å². The first kappa shape index (κ1) is 11.6. The number of rotatable bonds is 5. The third-order valence-electron chi connectivity index (χ3n) is 1.89. The Hall–Kier alpha value is -1.46. The molecule has 1 unspecified atom stereocenters. The third kappa shape index (κ3) is 4.05. The van der Waals surface area contributed by atoms with Crippen molar-refractivity contribution in [3.05, 3.63) is 35.6 Å². The van der Waals surface area contributed by atoms with Gasteiger partial charge in [-0.05, 0) is 17.7 Å². The van der Waals surface area contributed by atoms with Gasteiger partial charge in [-0.1, -0.05) is 12.1 Å². The highest BCUT2D eigenvalue weighted by atomic mass is 19.1. The summed E-state index contributed by atoms with van der Waals surface area (Å²) in [6, 6.07) is 5.52. The number of nitrogens with two attached hydrogens (primary N) is 1. The van der Waals surface area contributed by atoms with E-state index in [1.807, 2.05) is 0 Å². The van der Waals surface area contributed by atoms with Crippen LogP contribution < -0.4 is 11.1 Å². The number of benzene rings is 1. The molecule has 5 heteroatoms. The summed E-state index contributed by atoms with van der Waals surface area (Å²) in [5.74, 6) is -0.836. The Bertz CT molecular complexity index is 327. The fourth-order valence-corrected chi connectivity index (χ4v) is 1.13. The zero-order chi connectivity index (χ0) is 11.3. The van der Waals surface area contributed by atoms with Crippen LogP contribution in [0, 0.1) is 5.82 Å². The normalized spacial score (nSPS) is 12.4. The summed E-state index contributed by atoms with van der Waals surface area (Å²) in [5.41, 5.74) is 5.50. The maximum atomic E-state index is 12.5. The van der Waals surface area contributed by atoms with Crippen molar-refractivity contribution < 1.29 is 14.3 Å². The predicted molar refractivity (Wildman–Crippen MR) is 53.4 cm³/mol. The second-order valence-corrected chi connectivity index (χ2v) is 3.16. The van der Waals surface area contributed by atoms with Gasteiger partial charge in [0, 0.05) is 6.54 Å². The number of aliphatic hydroxyl groups is 1. The monoisotopic (exact) mass is 212 g/mol. The number of carbonyl (C=O) groups is 1. The quantitative estimate of drug-likeness (QED) is 0.639. The molecule has 4 nitrogen and oxygen atoms in total. The molecule has 0 bridgehead atoms. The van der Waals surface area contributed by atoms with Crippen LogP contribution in [0.25, 0.3) is 0 Å². The minimum Gasteiger partial charge on any atom is -0.387 e. The topological polar surface area (TPSA) is 75.4 Å². The molecule has 1 amide bonds. The second kappa shape index (κ2) is 5.43. The summed E-state index contributed by atoms with van der Waals surface area (Å²) in [7, 11) is 0. The molecule has 0 aromatic heterocycles. The Balaban J connectivity index is 2.43. The van der Waals surface area contributed by atoms with Gasteiger partial charge in [0.05, 0.1) is 12.6 Å². The molecule has 1 rings (SSSR count). The fraction of sp³-hybridized carbons (Fsp3) is 0.300. The van der Waals surface area contributed by atoms with Crippen LogP contribution >= 0.6 is 0 Å². The lowest BCUT2D eigenvalue weighted by molar-refractivity contribution is -0.117. The smallest absolute Gasteiger partial charge is 0.231 e. The van der Waals surface area contributed by atoms with Gasteiger partial charge >= 0.3 is 0 Å². The van der Waals surface area contributed by atoms with E-state index in [4.69, 9.17) is 5.73 Å². The number of halogens is 1. The minimum absolute atomic E-state index is 0.0122.